The molecule has 1 N–H and O–H groups in total. The van der Waals surface area contributed by atoms with Crippen molar-refractivity contribution in [1.82, 2.24) is 4.98 Å². The number of hydrogen-bond donors (Lipinski definition) is 1. The Hall–Kier alpha value is -2.66. The fourth-order valence-electron chi connectivity index (χ4n) is 3.99. The predicted octanol–water partition coefficient (Wildman–Crippen LogP) is 5.22. The molecule has 29 heavy (non-hydrogen) atoms. The fourth-order valence-corrected chi connectivity index (χ4v) is 3.99. The predicted molar refractivity (Wildman–Crippen MR) is 111 cm³/mol. The number of H-pyrrole nitrogens is 1. The smallest absolute Gasteiger partial charge is 0.151 e. The van der Waals surface area contributed by atoms with Gasteiger partial charge in [0.25, 0.3) is 0 Å². The Morgan fingerprint density at radius 2 is 2.14 bits per heavy atom. The minimum Gasteiger partial charge on any atom is -0.489 e. The van der Waals surface area contributed by atoms with Crippen molar-refractivity contribution < 1.29 is 18.7 Å². The number of carbonyl (C=O) groups is 1. The van der Waals surface area contributed by atoms with E-state index in [0.29, 0.717) is 47.7 Å². The SMILES string of the molecule is CC(=O)CCc1[nH]c2ccc(OCc3ccc(C4CCOC4)c(C)c3)cc2c1F. The number of rotatable bonds is 7. The lowest BCUT2D eigenvalue weighted by Crippen LogP contribution is -2.02. The van der Waals surface area contributed by atoms with Gasteiger partial charge in [-0.05, 0) is 61.6 Å². The third-order valence-electron chi connectivity index (χ3n) is 5.61. The van der Waals surface area contributed by atoms with Gasteiger partial charge in [-0.25, -0.2) is 4.39 Å². The molecule has 0 bridgehead atoms. The second-order valence-electron chi connectivity index (χ2n) is 7.87. The third kappa shape index (κ3) is 4.35. The first-order valence-corrected chi connectivity index (χ1v) is 10.1. The second-order valence-corrected chi connectivity index (χ2v) is 7.87. The topological polar surface area (TPSA) is 51.3 Å². The van der Waals surface area contributed by atoms with Gasteiger partial charge < -0.3 is 19.3 Å². The van der Waals surface area contributed by atoms with Gasteiger partial charge >= 0.3 is 0 Å². The molecule has 0 radical (unpaired) electrons. The van der Waals surface area contributed by atoms with Gasteiger partial charge in [-0.2, -0.15) is 0 Å². The molecule has 152 valence electrons. The molecule has 5 heteroatoms. The Bertz CT molecular complexity index is 1030. The van der Waals surface area contributed by atoms with E-state index >= 15 is 0 Å². The first-order valence-electron chi connectivity index (χ1n) is 10.1. The minimum atomic E-state index is -0.300. The monoisotopic (exact) mass is 395 g/mol. The third-order valence-corrected chi connectivity index (χ3v) is 5.61. The van der Waals surface area contributed by atoms with Crippen LogP contribution >= 0.6 is 0 Å². The number of Topliss-reactive ketones (excluding diaryl/α,β-unsaturated/α-hetero) is 1. The van der Waals surface area contributed by atoms with Gasteiger partial charge in [-0.3, -0.25) is 0 Å². The molecular formula is C24H26FNO3. The highest BCUT2D eigenvalue weighted by Crippen LogP contribution is 2.29. The summed E-state index contributed by atoms with van der Waals surface area (Å²) in [4.78, 5) is 14.2. The van der Waals surface area contributed by atoms with Crippen LogP contribution in [-0.2, 0) is 22.6 Å². The van der Waals surface area contributed by atoms with Crippen LogP contribution < -0.4 is 4.74 Å². The van der Waals surface area contributed by atoms with Crippen LogP contribution in [-0.4, -0.2) is 24.0 Å². The summed E-state index contributed by atoms with van der Waals surface area (Å²) < 4.78 is 26.1. The number of aromatic amines is 1. The molecule has 1 fully saturated rings. The molecule has 1 aliphatic rings. The molecule has 1 aliphatic heterocycles. The fraction of sp³-hybridized carbons (Fsp3) is 0.375. The summed E-state index contributed by atoms with van der Waals surface area (Å²) in [6, 6.07) is 11.8. The number of aromatic nitrogens is 1. The van der Waals surface area contributed by atoms with Crippen LogP contribution in [0.5, 0.6) is 5.75 Å². The average molecular weight is 395 g/mol. The molecule has 2 aromatic carbocycles. The summed E-state index contributed by atoms with van der Waals surface area (Å²) >= 11 is 0. The Kier molecular flexibility index (Phi) is 5.67. The van der Waals surface area contributed by atoms with Crippen molar-refractivity contribution in [2.24, 2.45) is 0 Å². The summed E-state index contributed by atoms with van der Waals surface area (Å²) in [5.41, 5.74) is 4.87. The summed E-state index contributed by atoms with van der Waals surface area (Å²) in [5.74, 6) is 0.861. The number of halogens is 1. The normalized spacial score (nSPS) is 16.4. The molecular weight excluding hydrogens is 369 g/mol. The van der Waals surface area contributed by atoms with Crippen molar-refractivity contribution >= 4 is 16.7 Å². The molecule has 0 spiro atoms. The molecule has 2 heterocycles. The van der Waals surface area contributed by atoms with E-state index in [1.54, 1.807) is 6.07 Å². The van der Waals surface area contributed by atoms with E-state index < -0.39 is 0 Å². The van der Waals surface area contributed by atoms with Crippen LogP contribution in [0.15, 0.2) is 36.4 Å². The molecule has 3 aromatic rings. The molecule has 0 aliphatic carbocycles. The number of nitrogens with one attached hydrogen (secondary N) is 1. The lowest BCUT2D eigenvalue weighted by atomic mass is 9.93. The molecule has 1 unspecified atom stereocenters. The molecule has 4 nitrogen and oxygen atoms in total. The van der Waals surface area contributed by atoms with Crippen molar-refractivity contribution in [2.45, 2.75) is 45.6 Å². The van der Waals surface area contributed by atoms with E-state index in [2.05, 4.69) is 30.1 Å². The Balaban J connectivity index is 1.46. The van der Waals surface area contributed by atoms with Crippen LogP contribution in [0.1, 0.15) is 48.1 Å². The molecule has 0 saturated carbocycles. The summed E-state index contributed by atoms with van der Waals surface area (Å²) in [7, 11) is 0. The summed E-state index contributed by atoms with van der Waals surface area (Å²) in [6.07, 6.45) is 1.78. The van der Waals surface area contributed by atoms with Crippen molar-refractivity contribution in [1.29, 1.82) is 0 Å². The standard InChI is InChI=1S/C24H26FNO3/c1-15-11-17(4-6-20(15)18-9-10-28-14-18)13-29-19-5-8-22-21(12-19)24(25)23(26-22)7-3-16(2)27/h4-6,8,11-12,18,26H,3,7,9-10,13-14H2,1-2H3. The van der Waals surface area contributed by atoms with Crippen molar-refractivity contribution in [2.75, 3.05) is 13.2 Å². The first kappa shape index (κ1) is 19.6. The van der Waals surface area contributed by atoms with E-state index in [1.165, 1.54) is 18.1 Å². The van der Waals surface area contributed by atoms with Crippen LogP contribution in [0.4, 0.5) is 4.39 Å². The van der Waals surface area contributed by atoms with E-state index in [0.717, 1.165) is 25.2 Å². The molecule has 1 aromatic heterocycles. The maximum absolute atomic E-state index is 14.7. The van der Waals surface area contributed by atoms with E-state index in [4.69, 9.17) is 9.47 Å². The Morgan fingerprint density at radius 3 is 2.86 bits per heavy atom. The zero-order valence-corrected chi connectivity index (χ0v) is 16.9. The van der Waals surface area contributed by atoms with Crippen LogP contribution in [0, 0.1) is 12.7 Å². The largest absolute Gasteiger partial charge is 0.489 e. The molecule has 1 saturated heterocycles. The highest BCUT2D eigenvalue weighted by atomic mass is 19.1. The van der Waals surface area contributed by atoms with Crippen LogP contribution in [0.25, 0.3) is 10.9 Å². The zero-order valence-electron chi connectivity index (χ0n) is 16.9. The Labute approximate surface area is 170 Å². The molecule has 4 rings (SSSR count). The van der Waals surface area contributed by atoms with Gasteiger partial charge in [0.15, 0.2) is 5.82 Å². The van der Waals surface area contributed by atoms with Crippen LogP contribution in [0.2, 0.25) is 0 Å². The van der Waals surface area contributed by atoms with E-state index in [-0.39, 0.29) is 11.6 Å². The molecule has 0 amide bonds. The van der Waals surface area contributed by atoms with E-state index in [9.17, 15) is 9.18 Å². The van der Waals surface area contributed by atoms with E-state index in [1.807, 2.05) is 12.1 Å². The second kappa shape index (κ2) is 8.37. The number of benzene rings is 2. The highest BCUT2D eigenvalue weighted by Gasteiger charge is 2.19. The zero-order chi connectivity index (χ0) is 20.4. The van der Waals surface area contributed by atoms with Gasteiger partial charge in [-0.15, -0.1) is 0 Å². The van der Waals surface area contributed by atoms with Crippen LogP contribution in [0.3, 0.4) is 0 Å². The Morgan fingerprint density at radius 1 is 1.28 bits per heavy atom. The number of ketones is 1. The maximum Gasteiger partial charge on any atom is 0.151 e. The number of carbonyl (C=O) groups excluding carboxylic acids is 1. The van der Waals surface area contributed by atoms with Gasteiger partial charge in [0.2, 0.25) is 0 Å². The quantitative estimate of drug-likeness (QED) is 0.597. The number of ether oxygens (including phenoxy) is 2. The first-order chi connectivity index (χ1) is 14.0. The number of fused-ring (bicyclic) bond motifs is 1. The summed E-state index contributed by atoms with van der Waals surface area (Å²) in [5, 5.41) is 0.494. The maximum atomic E-state index is 14.7. The number of hydrogen-bond acceptors (Lipinski definition) is 3. The summed E-state index contributed by atoms with van der Waals surface area (Å²) in [6.45, 7) is 5.71. The lowest BCUT2D eigenvalue weighted by molar-refractivity contribution is -0.117. The average Bonchev–Trinajstić information content (AvgIpc) is 3.33. The lowest BCUT2D eigenvalue weighted by Gasteiger charge is -2.14. The van der Waals surface area contributed by atoms with Crippen molar-refractivity contribution in [3.63, 3.8) is 0 Å². The van der Waals surface area contributed by atoms with Gasteiger partial charge in [0.1, 0.15) is 18.1 Å². The van der Waals surface area contributed by atoms with Crippen molar-refractivity contribution in [3.05, 3.63) is 64.6 Å². The minimum absolute atomic E-state index is 0.0499. The molecule has 1 atom stereocenters. The van der Waals surface area contributed by atoms with Gasteiger partial charge in [-0.1, -0.05) is 18.2 Å². The van der Waals surface area contributed by atoms with Crippen molar-refractivity contribution in [3.8, 4) is 5.75 Å². The highest BCUT2D eigenvalue weighted by molar-refractivity contribution is 5.83. The van der Waals surface area contributed by atoms with Gasteiger partial charge in [0, 0.05) is 29.8 Å². The number of aryl methyl sites for hydroxylation is 2. The van der Waals surface area contributed by atoms with Gasteiger partial charge in [0.05, 0.1) is 12.3 Å².